The van der Waals surface area contributed by atoms with E-state index in [4.69, 9.17) is 16.6 Å². The number of amides is 1. The van der Waals surface area contributed by atoms with Crippen LogP contribution in [0.2, 0.25) is 5.02 Å². The number of aryl methyl sites for hydroxylation is 2. The molecule has 0 unspecified atom stereocenters. The maximum Gasteiger partial charge on any atom is 0.252 e. The molecule has 1 heterocycles. The fourth-order valence-electron chi connectivity index (χ4n) is 3.50. The zero-order valence-electron chi connectivity index (χ0n) is 16.4. The predicted molar refractivity (Wildman–Crippen MR) is 119 cm³/mol. The highest BCUT2D eigenvalue weighted by Gasteiger charge is 2.15. The van der Waals surface area contributed by atoms with Gasteiger partial charge in [-0.15, -0.1) is 0 Å². The van der Waals surface area contributed by atoms with E-state index in [0.717, 1.165) is 33.3 Å². The lowest BCUT2D eigenvalue weighted by Crippen LogP contribution is -2.23. The molecule has 4 aromatic rings. The molecule has 29 heavy (non-hydrogen) atoms. The number of halogens is 1. The Bertz CT molecular complexity index is 1200. The average Bonchev–Trinajstić information content (AvgIpc) is 2.72. The van der Waals surface area contributed by atoms with E-state index in [0.29, 0.717) is 17.1 Å². The van der Waals surface area contributed by atoms with Gasteiger partial charge in [0.2, 0.25) is 0 Å². The third kappa shape index (κ3) is 4.15. The van der Waals surface area contributed by atoms with Crippen molar-refractivity contribution in [2.24, 2.45) is 0 Å². The Kier molecular flexibility index (Phi) is 5.32. The van der Waals surface area contributed by atoms with Crippen molar-refractivity contribution in [1.82, 2.24) is 10.3 Å². The van der Waals surface area contributed by atoms with Crippen molar-refractivity contribution < 1.29 is 4.79 Å². The molecule has 0 saturated heterocycles. The maximum absolute atomic E-state index is 13.1. The summed E-state index contributed by atoms with van der Waals surface area (Å²) in [5.74, 6) is -0.144. The first-order valence-electron chi connectivity index (χ1n) is 9.51. The van der Waals surface area contributed by atoms with Crippen LogP contribution >= 0.6 is 11.6 Å². The highest BCUT2D eigenvalue weighted by molar-refractivity contribution is 6.31. The minimum absolute atomic E-state index is 0.144. The van der Waals surface area contributed by atoms with Gasteiger partial charge >= 0.3 is 0 Å². The van der Waals surface area contributed by atoms with Crippen LogP contribution in [-0.4, -0.2) is 10.9 Å². The molecule has 0 aliphatic carbocycles. The largest absolute Gasteiger partial charge is 0.348 e. The normalized spacial score (nSPS) is 10.9. The lowest BCUT2D eigenvalue weighted by atomic mass is 9.99. The first-order chi connectivity index (χ1) is 14.0. The molecular weight excluding hydrogens is 380 g/mol. The van der Waals surface area contributed by atoms with Crippen LogP contribution < -0.4 is 5.32 Å². The van der Waals surface area contributed by atoms with Gasteiger partial charge in [-0.2, -0.15) is 0 Å². The summed E-state index contributed by atoms with van der Waals surface area (Å²) in [5.41, 5.74) is 6.49. The van der Waals surface area contributed by atoms with E-state index in [1.165, 1.54) is 5.56 Å². The number of carbonyl (C=O) groups excluding carboxylic acids is 1. The fourth-order valence-corrected chi connectivity index (χ4v) is 3.67. The summed E-state index contributed by atoms with van der Waals surface area (Å²) in [4.78, 5) is 17.9. The highest BCUT2D eigenvalue weighted by atomic mass is 35.5. The molecule has 144 valence electrons. The van der Waals surface area contributed by atoms with Crippen molar-refractivity contribution in [1.29, 1.82) is 0 Å². The van der Waals surface area contributed by atoms with E-state index in [1.54, 1.807) is 12.1 Å². The van der Waals surface area contributed by atoms with Gasteiger partial charge in [0, 0.05) is 22.5 Å². The Hall–Kier alpha value is -3.17. The Morgan fingerprint density at radius 1 is 0.966 bits per heavy atom. The van der Waals surface area contributed by atoms with E-state index in [9.17, 15) is 4.79 Å². The number of hydrogen-bond acceptors (Lipinski definition) is 2. The molecule has 0 aliphatic heterocycles. The molecule has 0 aliphatic rings. The summed E-state index contributed by atoms with van der Waals surface area (Å²) in [6, 6.07) is 23.4. The molecular formula is C25H21ClN2O. The smallest absolute Gasteiger partial charge is 0.252 e. The van der Waals surface area contributed by atoms with Crippen LogP contribution in [0, 0.1) is 13.8 Å². The van der Waals surface area contributed by atoms with Crippen molar-refractivity contribution in [3.8, 4) is 11.3 Å². The number of nitrogens with zero attached hydrogens (tertiary/aromatic N) is 1. The van der Waals surface area contributed by atoms with Gasteiger partial charge in [0.1, 0.15) is 0 Å². The van der Waals surface area contributed by atoms with Crippen molar-refractivity contribution in [3.63, 3.8) is 0 Å². The lowest BCUT2D eigenvalue weighted by Gasteiger charge is -2.13. The Morgan fingerprint density at radius 2 is 1.76 bits per heavy atom. The summed E-state index contributed by atoms with van der Waals surface area (Å²) in [6.45, 7) is 4.59. The van der Waals surface area contributed by atoms with Gasteiger partial charge in [-0.25, -0.2) is 4.98 Å². The van der Waals surface area contributed by atoms with Crippen LogP contribution in [0.25, 0.3) is 22.2 Å². The number of fused-ring (bicyclic) bond motifs is 1. The summed E-state index contributed by atoms with van der Waals surface area (Å²) in [7, 11) is 0. The molecule has 4 rings (SSSR count). The molecule has 0 fully saturated rings. The second kappa shape index (κ2) is 8.06. The standard InChI is InChI=1S/C25H21ClN2O/c1-16-8-10-20(17(2)12-16)24-14-22(21-13-19(26)9-11-23(21)28-24)25(29)27-15-18-6-4-3-5-7-18/h3-14H,15H2,1-2H3,(H,27,29). The molecule has 1 amide bonds. The van der Waals surface area contributed by atoms with Crippen LogP contribution in [-0.2, 0) is 6.54 Å². The SMILES string of the molecule is Cc1ccc(-c2cc(C(=O)NCc3ccccc3)c3cc(Cl)ccc3n2)c(C)c1. The van der Waals surface area contributed by atoms with Crippen LogP contribution in [0.4, 0.5) is 0 Å². The molecule has 0 radical (unpaired) electrons. The van der Waals surface area contributed by atoms with Gasteiger partial charge in [0.05, 0.1) is 16.8 Å². The Morgan fingerprint density at radius 3 is 2.52 bits per heavy atom. The summed E-state index contributed by atoms with van der Waals surface area (Å²) < 4.78 is 0. The number of pyridine rings is 1. The van der Waals surface area contributed by atoms with E-state index < -0.39 is 0 Å². The number of carbonyl (C=O) groups is 1. The zero-order chi connectivity index (χ0) is 20.4. The summed E-state index contributed by atoms with van der Waals surface area (Å²) in [5, 5.41) is 4.35. The molecule has 3 nitrogen and oxygen atoms in total. The number of rotatable bonds is 4. The second-order valence-corrected chi connectivity index (χ2v) is 7.64. The van der Waals surface area contributed by atoms with Gasteiger partial charge in [0.15, 0.2) is 0 Å². The third-order valence-corrected chi connectivity index (χ3v) is 5.20. The van der Waals surface area contributed by atoms with E-state index >= 15 is 0 Å². The first kappa shape index (κ1) is 19.2. The van der Waals surface area contributed by atoms with Crippen LogP contribution in [0.1, 0.15) is 27.0 Å². The molecule has 0 bridgehead atoms. The topological polar surface area (TPSA) is 42.0 Å². The van der Waals surface area contributed by atoms with Gasteiger partial charge in [-0.05, 0) is 49.2 Å². The number of hydrogen-bond donors (Lipinski definition) is 1. The third-order valence-electron chi connectivity index (χ3n) is 4.97. The van der Waals surface area contributed by atoms with Crippen molar-refractivity contribution >= 4 is 28.4 Å². The van der Waals surface area contributed by atoms with Gasteiger partial charge in [-0.1, -0.05) is 65.7 Å². The van der Waals surface area contributed by atoms with Gasteiger partial charge < -0.3 is 5.32 Å². The number of aromatic nitrogens is 1. The van der Waals surface area contributed by atoms with E-state index in [-0.39, 0.29) is 5.91 Å². The fraction of sp³-hybridized carbons (Fsp3) is 0.120. The van der Waals surface area contributed by atoms with E-state index in [2.05, 4.69) is 37.4 Å². The molecule has 0 saturated carbocycles. The van der Waals surface area contributed by atoms with Crippen LogP contribution in [0.5, 0.6) is 0 Å². The van der Waals surface area contributed by atoms with Crippen molar-refractivity contribution in [3.05, 3.63) is 100 Å². The van der Waals surface area contributed by atoms with Crippen molar-refractivity contribution in [2.75, 3.05) is 0 Å². The van der Waals surface area contributed by atoms with Gasteiger partial charge in [0.25, 0.3) is 5.91 Å². The molecule has 1 aromatic heterocycles. The average molecular weight is 401 g/mol. The van der Waals surface area contributed by atoms with Gasteiger partial charge in [-0.3, -0.25) is 4.79 Å². The lowest BCUT2D eigenvalue weighted by molar-refractivity contribution is 0.0952. The molecule has 0 spiro atoms. The van der Waals surface area contributed by atoms with E-state index in [1.807, 2.05) is 42.5 Å². The minimum Gasteiger partial charge on any atom is -0.348 e. The summed E-state index contributed by atoms with van der Waals surface area (Å²) >= 11 is 6.21. The second-order valence-electron chi connectivity index (χ2n) is 7.20. The summed E-state index contributed by atoms with van der Waals surface area (Å²) in [6.07, 6.45) is 0. The van der Waals surface area contributed by atoms with Crippen molar-refractivity contribution in [2.45, 2.75) is 20.4 Å². The predicted octanol–water partition coefficient (Wildman–Crippen LogP) is 6.10. The van der Waals surface area contributed by atoms with Crippen LogP contribution in [0.15, 0.2) is 72.8 Å². The number of benzene rings is 3. The highest BCUT2D eigenvalue weighted by Crippen LogP contribution is 2.29. The Labute approximate surface area is 175 Å². The quantitative estimate of drug-likeness (QED) is 0.449. The zero-order valence-corrected chi connectivity index (χ0v) is 17.1. The Balaban J connectivity index is 1.78. The van der Waals surface area contributed by atoms with Crippen LogP contribution in [0.3, 0.4) is 0 Å². The molecule has 3 aromatic carbocycles. The minimum atomic E-state index is -0.144. The monoisotopic (exact) mass is 400 g/mol. The molecule has 4 heteroatoms. The molecule has 1 N–H and O–H groups in total. The first-order valence-corrected chi connectivity index (χ1v) is 9.89. The maximum atomic E-state index is 13.1. The number of nitrogens with one attached hydrogen (secondary N) is 1. The molecule has 0 atom stereocenters.